The summed E-state index contributed by atoms with van der Waals surface area (Å²) >= 11 is 5.55. The normalized spacial score (nSPS) is 34.0. The van der Waals surface area contributed by atoms with Crippen LogP contribution in [-0.2, 0) is 0 Å². The lowest BCUT2D eigenvalue weighted by Crippen LogP contribution is -2.44. The summed E-state index contributed by atoms with van der Waals surface area (Å²) in [6.45, 7) is 4.43. The number of hydrogen-bond acceptors (Lipinski definition) is 1. The van der Waals surface area contributed by atoms with Crippen molar-refractivity contribution < 1.29 is 0 Å². The van der Waals surface area contributed by atoms with Gasteiger partial charge in [-0.05, 0) is 78.8 Å². The Morgan fingerprint density at radius 1 is 1.13 bits per heavy atom. The number of allylic oxidation sites excluding steroid dienone is 2. The van der Waals surface area contributed by atoms with E-state index in [1.165, 1.54) is 24.8 Å². The number of hydrogen-bond donors (Lipinski definition) is 2. The first-order valence-electron chi connectivity index (χ1n) is 8.96. The van der Waals surface area contributed by atoms with Crippen LogP contribution >= 0.6 is 12.2 Å². The lowest BCUT2D eigenvalue weighted by molar-refractivity contribution is 0.246. The second-order valence-electron chi connectivity index (χ2n) is 7.78. The first-order valence-corrected chi connectivity index (χ1v) is 9.37. The minimum atomic E-state index is 0.555. The van der Waals surface area contributed by atoms with Gasteiger partial charge in [0.2, 0.25) is 0 Å². The van der Waals surface area contributed by atoms with Crippen LogP contribution in [0.3, 0.4) is 0 Å². The van der Waals surface area contributed by atoms with E-state index in [0.717, 1.165) is 34.5 Å². The maximum Gasteiger partial charge on any atom is 0.171 e. The number of anilines is 1. The van der Waals surface area contributed by atoms with Gasteiger partial charge in [0.05, 0.1) is 0 Å². The third kappa shape index (κ3) is 2.80. The van der Waals surface area contributed by atoms with Gasteiger partial charge in [-0.1, -0.05) is 38.1 Å². The SMILES string of the molecule is CC(C)c1ccc(NC(=S)N[C@@H]2C[C@H]3C[C@@H]2[C@@H]2C=CC[C@@H]32)cc1. The molecule has 0 spiro atoms. The molecule has 3 aliphatic carbocycles. The zero-order chi connectivity index (χ0) is 16.0. The lowest BCUT2D eigenvalue weighted by atomic mass is 9.79. The van der Waals surface area contributed by atoms with Gasteiger partial charge in [-0.3, -0.25) is 0 Å². The smallest absolute Gasteiger partial charge is 0.171 e. The molecule has 1 aromatic carbocycles. The van der Waals surface area contributed by atoms with E-state index in [9.17, 15) is 0 Å². The van der Waals surface area contributed by atoms with Crippen LogP contribution in [-0.4, -0.2) is 11.2 Å². The van der Waals surface area contributed by atoms with Gasteiger partial charge in [-0.2, -0.15) is 0 Å². The van der Waals surface area contributed by atoms with Gasteiger partial charge in [0, 0.05) is 11.7 Å². The molecule has 0 aliphatic heterocycles. The summed E-state index contributed by atoms with van der Waals surface area (Å²) in [5.41, 5.74) is 2.44. The fourth-order valence-corrected chi connectivity index (χ4v) is 5.27. The summed E-state index contributed by atoms with van der Waals surface area (Å²) < 4.78 is 0. The summed E-state index contributed by atoms with van der Waals surface area (Å²) in [4.78, 5) is 0. The molecule has 2 nitrogen and oxygen atoms in total. The number of benzene rings is 1. The molecule has 3 heteroatoms. The van der Waals surface area contributed by atoms with Gasteiger partial charge in [0.15, 0.2) is 5.11 Å². The van der Waals surface area contributed by atoms with Crippen molar-refractivity contribution in [2.75, 3.05) is 5.32 Å². The fraction of sp³-hybridized carbons (Fsp3) is 0.550. The number of thiocarbonyl (C=S) groups is 1. The predicted octanol–water partition coefficient (Wildman–Crippen LogP) is 4.70. The predicted molar refractivity (Wildman–Crippen MR) is 101 cm³/mol. The Hall–Kier alpha value is -1.35. The average molecular weight is 327 g/mol. The standard InChI is InChI=1S/C20H26N2S/c1-12(2)13-6-8-15(9-7-13)21-20(23)22-19-11-14-10-18(19)17-5-3-4-16(14)17/h3,5-9,12,14,16-19H,4,10-11H2,1-2H3,(H2,21,22,23)/t14-,16+,17-,18-,19-/m1/s1. The molecule has 4 rings (SSSR count). The Kier molecular flexibility index (Phi) is 3.92. The third-order valence-electron chi connectivity index (χ3n) is 6.16. The first-order chi connectivity index (χ1) is 11.1. The molecular formula is C20H26N2S. The van der Waals surface area contributed by atoms with E-state index >= 15 is 0 Å². The topological polar surface area (TPSA) is 24.1 Å². The van der Waals surface area contributed by atoms with Crippen LogP contribution in [0.2, 0.25) is 0 Å². The van der Waals surface area contributed by atoms with E-state index in [4.69, 9.17) is 12.2 Å². The number of rotatable bonds is 3. The van der Waals surface area contributed by atoms with E-state index in [-0.39, 0.29) is 0 Å². The summed E-state index contributed by atoms with van der Waals surface area (Å²) in [5.74, 6) is 4.00. The molecule has 2 fully saturated rings. The molecule has 2 saturated carbocycles. The summed E-state index contributed by atoms with van der Waals surface area (Å²) in [7, 11) is 0. The van der Waals surface area contributed by atoms with Gasteiger partial charge >= 0.3 is 0 Å². The van der Waals surface area contributed by atoms with Crippen molar-refractivity contribution in [3.8, 4) is 0 Å². The van der Waals surface area contributed by atoms with Crippen LogP contribution in [0.4, 0.5) is 5.69 Å². The van der Waals surface area contributed by atoms with Crippen LogP contribution in [0, 0.1) is 23.7 Å². The van der Waals surface area contributed by atoms with Crippen LogP contribution in [0.1, 0.15) is 44.6 Å². The monoisotopic (exact) mass is 326 g/mol. The molecule has 122 valence electrons. The molecule has 2 N–H and O–H groups in total. The van der Waals surface area contributed by atoms with Crippen LogP contribution in [0.15, 0.2) is 36.4 Å². The van der Waals surface area contributed by atoms with E-state index in [1.807, 2.05) is 0 Å². The average Bonchev–Trinajstić information content (AvgIpc) is 3.19. The van der Waals surface area contributed by atoms with Gasteiger partial charge in [-0.15, -0.1) is 0 Å². The summed E-state index contributed by atoms with van der Waals surface area (Å²) in [6, 6.07) is 9.17. The first kappa shape index (κ1) is 15.2. The Bertz CT molecular complexity index is 619. The van der Waals surface area contributed by atoms with Gasteiger partial charge in [0.1, 0.15) is 0 Å². The maximum atomic E-state index is 5.55. The molecule has 23 heavy (non-hydrogen) atoms. The van der Waals surface area contributed by atoms with E-state index < -0.39 is 0 Å². The molecule has 1 aromatic rings. The molecular weight excluding hydrogens is 300 g/mol. The molecule has 0 radical (unpaired) electrons. The highest BCUT2D eigenvalue weighted by molar-refractivity contribution is 7.80. The fourth-order valence-electron chi connectivity index (χ4n) is 5.00. The number of nitrogens with one attached hydrogen (secondary N) is 2. The van der Waals surface area contributed by atoms with Crippen molar-refractivity contribution >= 4 is 23.0 Å². The minimum absolute atomic E-state index is 0.555. The van der Waals surface area contributed by atoms with E-state index in [2.05, 4.69) is 60.9 Å². The molecule has 0 heterocycles. The van der Waals surface area contributed by atoms with Crippen LogP contribution in [0.5, 0.6) is 0 Å². The third-order valence-corrected chi connectivity index (χ3v) is 6.38. The summed E-state index contributed by atoms with van der Waals surface area (Å²) in [5, 5.41) is 7.73. The van der Waals surface area contributed by atoms with Gasteiger partial charge < -0.3 is 10.6 Å². The number of fused-ring (bicyclic) bond motifs is 5. The van der Waals surface area contributed by atoms with Crippen LogP contribution < -0.4 is 10.6 Å². The van der Waals surface area contributed by atoms with Crippen molar-refractivity contribution in [2.45, 2.75) is 45.1 Å². The summed E-state index contributed by atoms with van der Waals surface area (Å²) in [6.07, 6.45) is 8.85. The highest BCUT2D eigenvalue weighted by Crippen LogP contribution is 2.56. The van der Waals surface area contributed by atoms with E-state index in [0.29, 0.717) is 12.0 Å². The van der Waals surface area contributed by atoms with E-state index in [1.54, 1.807) is 0 Å². The second kappa shape index (κ2) is 5.94. The van der Waals surface area contributed by atoms with Crippen molar-refractivity contribution in [1.29, 1.82) is 0 Å². The molecule has 0 saturated heterocycles. The highest BCUT2D eigenvalue weighted by atomic mass is 32.1. The molecule has 2 bridgehead atoms. The van der Waals surface area contributed by atoms with Crippen molar-refractivity contribution in [1.82, 2.24) is 5.32 Å². The van der Waals surface area contributed by atoms with Crippen molar-refractivity contribution in [2.24, 2.45) is 23.7 Å². The zero-order valence-electron chi connectivity index (χ0n) is 14.0. The zero-order valence-corrected chi connectivity index (χ0v) is 14.8. The van der Waals surface area contributed by atoms with Crippen molar-refractivity contribution in [3.63, 3.8) is 0 Å². The largest absolute Gasteiger partial charge is 0.359 e. The Labute approximate surface area is 144 Å². The van der Waals surface area contributed by atoms with Gasteiger partial charge in [-0.25, -0.2) is 0 Å². The Morgan fingerprint density at radius 2 is 1.91 bits per heavy atom. The second-order valence-corrected chi connectivity index (χ2v) is 8.19. The van der Waals surface area contributed by atoms with Crippen LogP contribution in [0.25, 0.3) is 0 Å². The Morgan fingerprint density at radius 3 is 2.65 bits per heavy atom. The lowest BCUT2D eigenvalue weighted by Gasteiger charge is -2.32. The molecule has 0 aromatic heterocycles. The maximum absolute atomic E-state index is 5.55. The molecule has 0 unspecified atom stereocenters. The Balaban J connectivity index is 1.35. The van der Waals surface area contributed by atoms with Crippen molar-refractivity contribution in [3.05, 3.63) is 42.0 Å². The highest BCUT2D eigenvalue weighted by Gasteiger charge is 2.52. The molecule has 3 aliphatic rings. The van der Waals surface area contributed by atoms with Gasteiger partial charge in [0.25, 0.3) is 0 Å². The minimum Gasteiger partial charge on any atom is -0.359 e. The molecule has 0 amide bonds. The quantitative estimate of drug-likeness (QED) is 0.622. The molecule has 5 atom stereocenters.